The first kappa shape index (κ1) is 15.4. The van der Waals surface area contributed by atoms with Crippen molar-refractivity contribution in [1.29, 1.82) is 0 Å². The number of hydrogen-bond acceptors (Lipinski definition) is 1. The van der Waals surface area contributed by atoms with E-state index in [1.165, 1.54) is 23.1 Å². The highest BCUT2D eigenvalue weighted by atomic mass is 16.5. The summed E-state index contributed by atoms with van der Waals surface area (Å²) >= 11 is 0. The van der Waals surface area contributed by atoms with E-state index in [0.29, 0.717) is 6.61 Å². The summed E-state index contributed by atoms with van der Waals surface area (Å²) in [6.45, 7) is 4.98. The van der Waals surface area contributed by atoms with Gasteiger partial charge >= 0.3 is 0 Å². The number of allylic oxidation sites excluding steroid dienone is 1. The molecule has 0 fully saturated rings. The minimum Gasteiger partial charge on any atom is -0.489 e. The average molecular weight is 280 g/mol. The lowest BCUT2D eigenvalue weighted by Crippen LogP contribution is -1.95. The van der Waals surface area contributed by atoms with Crippen molar-refractivity contribution in [3.05, 3.63) is 71.3 Å². The molecule has 0 unspecified atom stereocenters. The van der Waals surface area contributed by atoms with Gasteiger partial charge < -0.3 is 4.74 Å². The Morgan fingerprint density at radius 2 is 1.52 bits per heavy atom. The Bertz CT molecular complexity index is 549. The van der Waals surface area contributed by atoms with E-state index in [9.17, 15) is 0 Å². The third-order valence-electron chi connectivity index (χ3n) is 3.48. The van der Waals surface area contributed by atoms with Gasteiger partial charge in [0.05, 0.1) is 0 Å². The first-order valence-electron chi connectivity index (χ1n) is 7.79. The fourth-order valence-corrected chi connectivity index (χ4v) is 2.10. The summed E-state index contributed by atoms with van der Waals surface area (Å²) in [6, 6.07) is 16.9. The summed E-state index contributed by atoms with van der Waals surface area (Å²) in [7, 11) is 0. The van der Waals surface area contributed by atoms with Crippen LogP contribution in [-0.4, -0.2) is 0 Å². The Balaban J connectivity index is 1.87. The lowest BCUT2D eigenvalue weighted by molar-refractivity contribution is 0.306. The molecule has 2 aromatic carbocycles. The Kier molecular flexibility index (Phi) is 6.08. The number of unbranched alkanes of at least 4 members (excludes halogenated alkanes) is 1. The van der Waals surface area contributed by atoms with Crippen LogP contribution in [0.25, 0.3) is 6.08 Å². The Morgan fingerprint density at radius 3 is 2.14 bits per heavy atom. The number of aryl methyl sites for hydroxylation is 1. The summed E-state index contributed by atoms with van der Waals surface area (Å²) in [5.74, 6) is 0.919. The topological polar surface area (TPSA) is 9.23 Å². The van der Waals surface area contributed by atoms with Crippen molar-refractivity contribution in [2.45, 2.75) is 39.7 Å². The van der Waals surface area contributed by atoms with Crippen molar-refractivity contribution in [3.63, 3.8) is 0 Å². The van der Waals surface area contributed by atoms with Crippen LogP contribution >= 0.6 is 0 Å². The van der Waals surface area contributed by atoms with Gasteiger partial charge in [-0.1, -0.05) is 68.8 Å². The maximum Gasteiger partial charge on any atom is 0.119 e. The molecule has 1 heteroatoms. The van der Waals surface area contributed by atoms with E-state index in [1.807, 2.05) is 12.1 Å². The van der Waals surface area contributed by atoms with Crippen molar-refractivity contribution in [1.82, 2.24) is 0 Å². The van der Waals surface area contributed by atoms with Gasteiger partial charge in [-0.3, -0.25) is 0 Å². The highest BCUT2D eigenvalue weighted by Crippen LogP contribution is 2.15. The Labute approximate surface area is 128 Å². The molecule has 110 valence electrons. The minimum absolute atomic E-state index is 0.620. The predicted octanol–water partition coefficient (Wildman–Crippen LogP) is 5.64. The zero-order chi connectivity index (χ0) is 14.9. The number of benzene rings is 2. The van der Waals surface area contributed by atoms with Crippen LogP contribution < -0.4 is 4.74 Å². The quantitative estimate of drug-likeness (QED) is 0.637. The molecule has 0 spiro atoms. The van der Waals surface area contributed by atoms with Gasteiger partial charge in [0.2, 0.25) is 0 Å². The fraction of sp³-hybridized carbons (Fsp3) is 0.300. The maximum atomic E-state index is 5.82. The molecule has 0 N–H and O–H groups in total. The van der Waals surface area contributed by atoms with E-state index in [-0.39, 0.29) is 0 Å². The second kappa shape index (κ2) is 8.31. The van der Waals surface area contributed by atoms with Crippen LogP contribution in [0, 0.1) is 0 Å². The molecule has 0 aliphatic heterocycles. The summed E-state index contributed by atoms with van der Waals surface area (Å²) in [5.41, 5.74) is 3.80. The fourth-order valence-electron chi connectivity index (χ4n) is 2.10. The Hall–Kier alpha value is -2.02. The molecule has 0 aliphatic rings. The number of rotatable bonds is 7. The normalized spacial score (nSPS) is 11.0. The highest BCUT2D eigenvalue weighted by molar-refractivity contribution is 5.50. The minimum atomic E-state index is 0.620. The lowest BCUT2D eigenvalue weighted by Gasteiger charge is -2.07. The molecule has 0 atom stereocenters. The SMILES string of the molecule is CCCC=Cc1ccc(OCc2ccc(CC)cc2)cc1. The molecule has 2 aromatic rings. The van der Waals surface area contributed by atoms with Crippen LogP contribution in [0.4, 0.5) is 0 Å². The molecule has 0 saturated heterocycles. The van der Waals surface area contributed by atoms with E-state index in [4.69, 9.17) is 4.74 Å². The Morgan fingerprint density at radius 1 is 0.857 bits per heavy atom. The van der Waals surface area contributed by atoms with Crippen molar-refractivity contribution < 1.29 is 4.74 Å². The standard InChI is InChI=1S/C20H24O/c1-3-5-6-7-18-12-14-20(15-13-18)21-16-19-10-8-17(4-2)9-11-19/h6-15H,3-5,16H2,1-2H3. The second-order valence-electron chi connectivity index (χ2n) is 5.22. The van der Waals surface area contributed by atoms with E-state index in [2.05, 4.69) is 62.4 Å². The van der Waals surface area contributed by atoms with Gasteiger partial charge in [0.1, 0.15) is 12.4 Å². The van der Waals surface area contributed by atoms with Gasteiger partial charge in [0.15, 0.2) is 0 Å². The van der Waals surface area contributed by atoms with Crippen LogP contribution in [0.3, 0.4) is 0 Å². The van der Waals surface area contributed by atoms with Crippen molar-refractivity contribution in [2.24, 2.45) is 0 Å². The summed E-state index contributed by atoms with van der Waals surface area (Å²) in [5, 5.41) is 0. The van der Waals surface area contributed by atoms with E-state index >= 15 is 0 Å². The third-order valence-corrected chi connectivity index (χ3v) is 3.48. The van der Waals surface area contributed by atoms with Crippen molar-refractivity contribution >= 4 is 6.08 Å². The van der Waals surface area contributed by atoms with Gasteiger partial charge in [0, 0.05) is 0 Å². The molecule has 0 heterocycles. The largest absolute Gasteiger partial charge is 0.489 e. The first-order valence-corrected chi connectivity index (χ1v) is 7.79. The molecule has 0 bridgehead atoms. The van der Waals surface area contributed by atoms with E-state index in [1.54, 1.807) is 0 Å². The molecule has 2 rings (SSSR count). The molecule has 0 aromatic heterocycles. The molecule has 21 heavy (non-hydrogen) atoms. The molecule has 0 radical (unpaired) electrons. The van der Waals surface area contributed by atoms with E-state index in [0.717, 1.165) is 18.6 Å². The van der Waals surface area contributed by atoms with Crippen molar-refractivity contribution in [2.75, 3.05) is 0 Å². The second-order valence-corrected chi connectivity index (χ2v) is 5.22. The van der Waals surface area contributed by atoms with Gasteiger partial charge in [-0.15, -0.1) is 0 Å². The monoisotopic (exact) mass is 280 g/mol. The van der Waals surface area contributed by atoms with Crippen LogP contribution in [0.2, 0.25) is 0 Å². The average Bonchev–Trinajstić information content (AvgIpc) is 2.55. The molecule has 0 aliphatic carbocycles. The number of hydrogen-bond donors (Lipinski definition) is 0. The molecule has 0 amide bonds. The first-order chi connectivity index (χ1) is 10.3. The third kappa shape index (κ3) is 5.11. The van der Waals surface area contributed by atoms with Crippen molar-refractivity contribution in [3.8, 4) is 5.75 Å². The summed E-state index contributed by atoms with van der Waals surface area (Å²) in [4.78, 5) is 0. The maximum absolute atomic E-state index is 5.82. The zero-order valence-corrected chi connectivity index (χ0v) is 13.0. The van der Waals surface area contributed by atoms with Crippen LogP contribution in [0.1, 0.15) is 43.4 Å². The molecule has 1 nitrogen and oxygen atoms in total. The lowest BCUT2D eigenvalue weighted by atomic mass is 10.1. The van der Waals surface area contributed by atoms with E-state index < -0.39 is 0 Å². The van der Waals surface area contributed by atoms with Gasteiger partial charge in [-0.05, 0) is 41.7 Å². The van der Waals surface area contributed by atoms with Crippen LogP contribution in [0.15, 0.2) is 54.6 Å². The molecule has 0 saturated carbocycles. The zero-order valence-electron chi connectivity index (χ0n) is 13.0. The smallest absolute Gasteiger partial charge is 0.119 e. The molecular weight excluding hydrogens is 256 g/mol. The summed E-state index contributed by atoms with van der Waals surface area (Å²) in [6.07, 6.45) is 7.77. The number of ether oxygens (including phenoxy) is 1. The van der Waals surface area contributed by atoms with Gasteiger partial charge in [0.25, 0.3) is 0 Å². The van der Waals surface area contributed by atoms with Gasteiger partial charge in [-0.25, -0.2) is 0 Å². The van der Waals surface area contributed by atoms with Gasteiger partial charge in [-0.2, -0.15) is 0 Å². The predicted molar refractivity (Wildman–Crippen MR) is 90.5 cm³/mol. The van der Waals surface area contributed by atoms with Crippen LogP contribution in [-0.2, 0) is 13.0 Å². The highest BCUT2D eigenvalue weighted by Gasteiger charge is 1.97. The summed E-state index contributed by atoms with van der Waals surface area (Å²) < 4.78 is 5.82. The molecular formula is C20H24O. The van der Waals surface area contributed by atoms with Crippen LogP contribution in [0.5, 0.6) is 5.75 Å².